The highest BCUT2D eigenvalue weighted by atomic mass is 35.5. The van der Waals surface area contributed by atoms with Gasteiger partial charge < -0.3 is 5.32 Å². The van der Waals surface area contributed by atoms with E-state index in [9.17, 15) is 4.79 Å². The van der Waals surface area contributed by atoms with Gasteiger partial charge in [0.05, 0.1) is 10.9 Å². The largest absolute Gasteiger partial charge is 0.355 e. The van der Waals surface area contributed by atoms with Crippen molar-refractivity contribution in [2.75, 3.05) is 6.54 Å². The zero-order valence-electron chi connectivity index (χ0n) is 12.4. The van der Waals surface area contributed by atoms with Crippen molar-refractivity contribution in [2.24, 2.45) is 0 Å². The van der Waals surface area contributed by atoms with E-state index in [1.807, 2.05) is 35.9 Å². The van der Waals surface area contributed by atoms with Gasteiger partial charge in [-0.05, 0) is 37.5 Å². The number of halogens is 1. The third kappa shape index (κ3) is 3.15. The van der Waals surface area contributed by atoms with Crippen molar-refractivity contribution in [2.45, 2.75) is 36.6 Å². The molecule has 0 unspecified atom stereocenters. The number of thioether (sulfide) groups is 1. The first-order valence-corrected chi connectivity index (χ1v) is 8.66. The summed E-state index contributed by atoms with van der Waals surface area (Å²) < 4.78 is 2.00. The van der Waals surface area contributed by atoms with Crippen LogP contribution >= 0.6 is 23.4 Å². The molecule has 1 atom stereocenters. The van der Waals surface area contributed by atoms with E-state index in [-0.39, 0.29) is 11.2 Å². The number of carbonyl (C=O) groups excluding carboxylic acids is 1. The van der Waals surface area contributed by atoms with Crippen LogP contribution in [0.5, 0.6) is 0 Å². The number of aromatic nitrogens is 2. The molecule has 6 heteroatoms. The second kappa shape index (κ2) is 6.75. The molecule has 1 aliphatic heterocycles. The first kappa shape index (κ1) is 15.4. The lowest BCUT2D eigenvalue weighted by Crippen LogP contribution is -2.30. The van der Waals surface area contributed by atoms with E-state index < -0.39 is 0 Å². The topological polar surface area (TPSA) is 46.9 Å². The Labute approximate surface area is 139 Å². The Balaban J connectivity index is 1.89. The van der Waals surface area contributed by atoms with E-state index in [0.29, 0.717) is 0 Å². The van der Waals surface area contributed by atoms with Crippen LogP contribution in [0.4, 0.5) is 0 Å². The van der Waals surface area contributed by atoms with Gasteiger partial charge in [-0.2, -0.15) is 0 Å². The molecular formula is C16H18ClN3OS. The van der Waals surface area contributed by atoms with Crippen molar-refractivity contribution in [1.82, 2.24) is 14.9 Å². The fourth-order valence-electron chi connectivity index (χ4n) is 2.57. The molecule has 0 spiro atoms. The maximum absolute atomic E-state index is 12.1. The average Bonchev–Trinajstić information content (AvgIpc) is 2.86. The predicted octanol–water partition coefficient (Wildman–Crippen LogP) is 3.59. The van der Waals surface area contributed by atoms with Crippen molar-refractivity contribution in [3.05, 3.63) is 41.2 Å². The average molecular weight is 336 g/mol. The number of imidazole rings is 1. The third-order valence-corrected chi connectivity index (χ3v) is 5.49. The van der Waals surface area contributed by atoms with Crippen LogP contribution in [0.2, 0.25) is 5.02 Å². The molecule has 1 fully saturated rings. The third-order valence-electron chi connectivity index (χ3n) is 3.84. The van der Waals surface area contributed by atoms with Crippen molar-refractivity contribution < 1.29 is 4.79 Å². The first-order valence-electron chi connectivity index (χ1n) is 7.40. The molecule has 1 saturated heterocycles. The molecule has 0 aliphatic carbocycles. The molecule has 1 aromatic carbocycles. The molecule has 22 heavy (non-hydrogen) atoms. The van der Waals surface area contributed by atoms with Crippen LogP contribution in [0.15, 0.2) is 35.7 Å². The predicted molar refractivity (Wildman–Crippen MR) is 89.8 cm³/mol. The van der Waals surface area contributed by atoms with Gasteiger partial charge in [-0.25, -0.2) is 4.98 Å². The molecular weight excluding hydrogens is 318 g/mol. The number of hydrogen-bond donors (Lipinski definition) is 1. The lowest BCUT2D eigenvalue weighted by Gasteiger charge is -2.15. The Bertz CT molecular complexity index is 686. The lowest BCUT2D eigenvalue weighted by molar-refractivity contribution is -0.120. The van der Waals surface area contributed by atoms with E-state index in [4.69, 9.17) is 11.6 Å². The van der Waals surface area contributed by atoms with Crippen LogP contribution in [-0.4, -0.2) is 27.3 Å². The molecule has 2 aromatic rings. The van der Waals surface area contributed by atoms with Gasteiger partial charge in [-0.3, -0.25) is 9.36 Å². The van der Waals surface area contributed by atoms with Crippen LogP contribution in [-0.2, 0) is 4.79 Å². The summed E-state index contributed by atoms with van der Waals surface area (Å²) in [6, 6.07) is 5.82. The van der Waals surface area contributed by atoms with Crippen molar-refractivity contribution in [1.29, 1.82) is 0 Å². The van der Waals surface area contributed by atoms with Gasteiger partial charge in [0.15, 0.2) is 5.16 Å². The second-order valence-electron chi connectivity index (χ2n) is 5.36. The van der Waals surface area contributed by atoms with Crippen LogP contribution in [0.3, 0.4) is 0 Å². The van der Waals surface area contributed by atoms with E-state index in [1.54, 1.807) is 6.20 Å². The molecule has 3 rings (SSSR count). The molecule has 2 heterocycles. The minimum absolute atomic E-state index is 0.0804. The number of rotatable bonds is 3. The number of hydrogen-bond acceptors (Lipinski definition) is 3. The molecule has 1 aliphatic rings. The Kier molecular flexibility index (Phi) is 4.74. The summed E-state index contributed by atoms with van der Waals surface area (Å²) in [7, 11) is 0. The van der Waals surface area contributed by atoms with Crippen molar-refractivity contribution in [3.8, 4) is 5.69 Å². The van der Waals surface area contributed by atoms with Crippen LogP contribution in [0, 0.1) is 6.92 Å². The maximum atomic E-state index is 12.1. The highest BCUT2D eigenvalue weighted by molar-refractivity contribution is 8.00. The Morgan fingerprint density at radius 3 is 3.14 bits per heavy atom. The zero-order valence-corrected chi connectivity index (χ0v) is 14.0. The van der Waals surface area contributed by atoms with E-state index >= 15 is 0 Å². The molecule has 1 aromatic heterocycles. The Hall–Kier alpha value is -1.46. The molecule has 0 bridgehead atoms. The fraction of sp³-hybridized carbons (Fsp3) is 0.375. The van der Waals surface area contributed by atoms with Crippen LogP contribution in [0.1, 0.15) is 24.8 Å². The summed E-state index contributed by atoms with van der Waals surface area (Å²) >= 11 is 7.74. The van der Waals surface area contributed by atoms with Gasteiger partial charge in [0, 0.05) is 24.0 Å². The monoisotopic (exact) mass is 335 g/mol. The fourth-order valence-corrected chi connectivity index (χ4v) is 3.86. The van der Waals surface area contributed by atoms with Crippen molar-refractivity contribution in [3.63, 3.8) is 0 Å². The number of amides is 1. The van der Waals surface area contributed by atoms with Crippen molar-refractivity contribution >= 4 is 29.3 Å². The second-order valence-corrected chi connectivity index (χ2v) is 6.93. The standard InChI is InChI=1S/C16H18ClN3OS/c1-11-12(17)5-4-6-13(11)20-10-9-19-16(20)22-14-7-2-3-8-18-15(14)21/h4-6,9-10,14H,2-3,7-8H2,1H3,(H,18,21)/t14-/m0/s1. The number of nitrogens with one attached hydrogen (secondary N) is 1. The molecule has 116 valence electrons. The zero-order chi connectivity index (χ0) is 15.5. The summed E-state index contributed by atoms with van der Waals surface area (Å²) in [6.07, 6.45) is 6.67. The van der Waals surface area contributed by atoms with Gasteiger partial charge >= 0.3 is 0 Å². The van der Waals surface area contributed by atoms with Gasteiger partial charge in [-0.1, -0.05) is 35.9 Å². The summed E-state index contributed by atoms with van der Waals surface area (Å²) in [5.41, 5.74) is 2.01. The number of benzene rings is 1. The summed E-state index contributed by atoms with van der Waals surface area (Å²) in [5.74, 6) is 0.111. The summed E-state index contributed by atoms with van der Waals surface area (Å²) in [5, 5.41) is 4.45. The molecule has 1 N–H and O–H groups in total. The van der Waals surface area contributed by atoms with Crippen LogP contribution < -0.4 is 5.32 Å². The normalized spacial score (nSPS) is 18.8. The Morgan fingerprint density at radius 2 is 2.27 bits per heavy atom. The smallest absolute Gasteiger partial charge is 0.233 e. The summed E-state index contributed by atoms with van der Waals surface area (Å²) in [4.78, 5) is 16.5. The van der Waals surface area contributed by atoms with Gasteiger partial charge in [0.2, 0.25) is 5.91 Å². The number of nitrogens with zero attached hydrogens (tertiary/aromatic N) is 2. The quantitative estimate of drug-likeness (QED) is 0.932. The minimum Gasteiger partial charge on any atom is -0.355 e. The minimum atomic E-state index is -0.0804. The molecule has 0 saturated carbocycles. The van der Waals surface area contributed by atoms with Gasteiger partial charge in [0.1, 0.15) is 0 Å². The molecule has 0 radical (unpaired) electrons. The SMILES string of the molecule is Cc1c(Cl)cccc1-n1ccnc1S[C@H]1CCCCNC1=O. The molecule has 1 amide bonds. The molecule has 4 nitrogen and oxygen atoms in total. The maximum Gasteiger partial charge on any atom is 0.233 e. The summed E-state index contributed by atoms with van der Waals surface area (Å²) in [6.45, 7) is 2.77. The van der Waals surface area contributed by atoms with Gasteiger partial charge in [-0.15, -0.1) is 0 Å². The first-order chi connectivity index (χ1) is 10.7. The van der Waals surface area contributed by atoms with E-state index in [1.165, 1.54) is 11.8 Å². The lowest BCUT2D eigenvalue weighted by atomic mass is 10.2. The highest BCUT2D eigenvalue weighted by Gasteiger charge is 2.24. The van der Waals surface area contributed by atoms with E-state index in [0.717, 1.165) is 47.2 Å². The van der Waals surface area contributed by atoms with Crippen LogP contribution in [0.25, 0.3) is 5.69 Å². The van der Waals surface area contributed by atoms with Gasteiger partial charge in [0.25, 0.3) is 0 Å². The Morgan fingerprint density at radius 1 is 1.41 bits per heavy atom. The van der Waals surface area contributed by atoms with E-state index in [2.05, 4.69) is 10.3 Å². The highest BCUT2D eigenvalue weighted by Crippen LogP contribution is 2.31. The number of carbonyl (C=O) groups is 1.